The Morgan fingerprint density at radius 2 is 1.89 bits per heavy atom. The molecule has 0 bridgehead atoms. The fraction of sp³-hybridized carbons (Fsp3) is 0.238. The van der Waals surface area contributed by atoms with Crippen LogP contribution in [0.25, 0.3) is 10.9 Å². The molecule has 1 heterocycles. The molecule has 1 atom stereocenters. The van der Waals surface area contributed by atoms with Crippen molar-refractivity contribution in [1.82, 2.24) is 9.88 Å². The highest BCUT2D eigenvalue weighted by molar-refractivity contribution is 5.87. The zero-order chi connectivity index (χ0) is 19.2. The summed E-state index contributed by atoms with van der Waals surface area (Å²) in [5.41, 5.74) is 1.84. The lowest BCUT2D eigenvalue weighted by Crippen LogP contribution is -2.42. The van der Waals surface area contributed by atoms with Crippen molar-refractivity contribution in [2.45, 2.75) is 25.4 Å². The third kappa shape index (κ3) is 4.47. The van der Waals surface area contributed by atoms with Crippen LogP contribution in [0, 0.1) is 0 Å². The number of amides is 1. The van der Waals surface area contributed by atoms with Gasteiger partial charge in [0.2, 0.25) is 5.91 Å². The van der Waals surface area contributed by atoms with Crippen LogP contribution >= 0.6 is 0 Å². The number of ether oxygens (including phenoxy) is 1. The average molecular weight is 366 g/mol. The van der Waals surface area contributed by atoms with Crippen LogP contribution < -0.4 is 10.1 Å². The van der Waals surface area contributed by atoms with Crippen LogP contribution in [-0.2, 0) is 22.6 Å². The summed E-state index contributed by atoms with van der Waals surface area (Å²) in [6, 6.07) is 16.0. The predicted molar refractivity (Wildman–Crippen MR) is 103 cm³/mol. The molecule has 27 heavy (non-hydrogen) atoms. The van der Waals surface area contributed by atoms with Crippen molar-refractivity contribution in [1.29, 1.82) is 0 Å². The monoisotopic (exact) mass is 366 g/mol. The number of nitrogens with one attached hydrogen (secondary N) is 1. The fourth-order valence-electron chi connectivity index (χ4n) is 3.11. The molecular formula is C21H22N2O4. The maximum absolute atomic E-state index is 12.3. The molecule has 3 aromatic rings. The SMILES string of the molecule is COc1cccc2c1ccn2CCC(=O)NC(Cc1ccccc1)C(=O)O. The molecule has 0 radical (unpaired) electrons. The number of carboxylic acid groups (broad SMARTS) is 1. The second-order valence-electron chi connectivity index (χ2n) is 6.30. The van der Waals surface area contributed by atoms with Crippen molar-refractivity contribution in [2.24, 2.45) is 0 Å². The molecule has 0 aliphatic rings. The maximum Gasteiger partial charge on any atom is 0.326 e. The molecule has 0 saturated heterocycles. The van der Waals surface area contributed by atoms with Crippen LogP contribution in [0.5, 0.6) is 5.75 Å². The molecule has 2 N–H and O–H groups in total. The number of nitrogens with zero attached hydrogens (tertiary/aromatic N) is 1. The van der Waals surface area contributed by atoms with Crippen molar-refractivity contribution < 1.29 is 19.4 Å². The van der Waals surface area contributed by atoms with E-state index in [1.54, 1.807) is 7.11 Å². The summed E-state index contributed by atoms with van der Waals surface area (Å²) in [5, 5.41) is 13.0. The first-order valence-electron chi connectivity index (χ1n) is 8.76. The van der Waals surface area contributed by atoms with E-state index < -0.39 is 12.0 Å². The molecule has 1 amide bonds. The molecule has 0 aliphatic carbocycles. The van der Waals surface area contributed by atoms with Crippen LogP contribution in [0.3, 0.4) is 0 Å². The molecule has 0 saturated carbocycles. The minimum absolute atomic E-state index is 0.194. The molecular weight excluding hydrogens is 344 g/mol. The summed E-state index contributed by atoms with van der Waals surface area (Å²) < 4.78 is 7.31. The van der Waals surface area contributed by atoms with E-state index in [9.17, 15) is 14.7 Å². The Bertz CT molecular complexity index is 934. The first kappa shape index (κ1) is 18.5. The van der Waals surface area contributed by atoms with Crippen LogP contribution in [0.4, 0.5) is 0 Å². The largest absolute Gasteiger partial charge is 0.496 e. The Hall–Kier alpha value is -3.28. The third-order valence-electron chi connectivity index (χ3n) is 4.49. The molecule has 6 nitrogen and oxygen atoms in total. The van der Waals surface area contributed by atoms with Crippen molar-refractivity contribution in [2.75, 3.05) is 7.11 Å². The molecule has 140 valence electrons. The summed E-state index contributed by atoms with van der Waals surface area (Å²) >= 11 is 0. The second kappa shape index (κ2) is 8.40. The lowest BCUT2D eigenvalue weighted by atomic mass is 10.1. The van der Waals surface area contributed by atoms with Gasteiger partial charge in [0.1, 0.15) is 11.8 Å². The van der Waals surface area contributed by atoms with Gasteiger partial charge < -0.3 is 19.7 Å². The Morgan fingerprint density at radius 3 is 2.59 bits per heavy atom. The average Bonchev–Trinajstić information content (AvgIpc) is 3.10. The van der Waals surface area contributed by atoms with E-state index >= 15 is 0 Å². The lowest BCUT2D eigenvalue weighted by Gasteiger charge is -2.15. The summed E-state index contributed by atoms with van der Waals surface area (Å²) in [7, 11) is 1.62. The summed E-state index contributed by atoms with van der Waals surface area (Å²) in [6.45, 7) is 0.459. The normalized spacial score (nSPS) is 11.9. The summed E-state index contributed by atoms with van der Waals surface area (Å²) in [4.78, 5) is 23.8. The van der Waals surface area contributed by atoms with E-state index in [0.29, 0.717) is 6.54 Å². The zero-order valence-electron chi connectivity index (χ0n) is 15.1. The van der Waals surface area contributed by atoms with Crippen LogP contribution in [0.2, 0.25) is 0 Å². The van der Waals surface area contributed by atoms with Gasteiger partial charge in [-0.1, -0.05) is 36.4 Å². The number of carboxylic acids is 1. The molecule has 1 unspecified atom stereocenters. The van der Waals surface area contributed by atoms with Gasteiger partial charge in [-0.15, -0.1) is 0 Å². The summed E-state index contributed by atoms with van der Waals surface area (Å²) in [5.74, 6) is -0.545. The minimum atomic E-state index is -1.04. The first-order valence-corrected chi connectivity index (χ1v) is 8.76. The smallest absolute Gasteiger partial charge is 0.326 e. The number of methoxy groups -OCH3 is 1. The summed E-state index contributed by atoms with van der Waals surface area (Å²) in [6.07, 6.45) is 2.35. The predicted octanol–water partition coefficient (Wildman–Crippen LogP) is 2.85. The number of hydrogen-bond acceptors (Lipinski definition) is 3. The third-order valence-corrected chi connectivity index (χ3v) is 4.49. The van der Waals surface area contributed by atoms with Crippen molar-refractivity contribution in [3.8, 4) is 5.75 Å². The van der Waals surface area contributed by atoms with Crippen molar-refractivity contribution >= 4 is 22.8 Å². The second-order valence-corrected chi connectivity index (χ2v) is 6.30. The zero-order valence-corrected chi connectivity index (χ0v) is 15.1. The molecule has 6 heteroatoms. The molecule has 0 spiro atoms. The fourth-order valence-corrected chi connectivity index (χ4v) is 3.11. The number of aliphatic carboxylic acids is 1. The Labute approximate surface area is 157 Å². The van der Waals surface area contributed by atoms with Crippen LogP contribution in [0.1, 0.15) is 12.0 Å². The van der Waals surface area contributed by atoms with Crippen molar-refractivity contribution in [3.63, 3.8) is 0 Å². The minimum Gasteiger partial charge on any atom is -0.496 e. The van der Waals surface area contributed by atoms with Crippen molar-refractivity contribution in [3.05, 3.63) is 66.4 Å². The number of aryl methyl sites for hydroxylation is 1. The van der Waals surface area contributed by atoms with Gasteiger partial charge in [0.25, 0.3) is 0 Å². The van der Waals surface area contributed by atoms with E-state index in [-0.39, 0.29) is 18.7 Å². The number of aromatic nitrogens is 1. The van der Waals surface area contributed by atoms with E-state index in [1.807, 2.05) is 65.4 Å². The van der Waals surface area contributed by atoms with Gasteiger partial charge in [0.05, 0.1) is 12.6 Å². The van der Waals surface area contributed by atoms with E-state index in [2.05, 4.69) is 5.32 Å². The van der Waals surface area contributed by atoms with Gasteiger partial charge in [0, 0.05) is 31.0 Å². The highest BCUT2D eigenvalue weighted by Gasteiger charge is 2.20. The topological polar surface area (TPSA) is 80.6 Å². The quantitative estimate of drug-likeness (QED) is 0.642. The standard InChI is InChI=1S/C21H22N2O4/c1-27-19-9-5-8-18-16(19)10-12-23(18)13-11-20(24)22-17(21(25)26)14-15-6-3-2-4-7-15/h2-10,12,17H,11,13-14H2,1H3,(H,22,24)(H,25,26). The Kier molecular flexibility index (Phi) is 5.76. The molecule has 0 fully saturated rings. The number of benzene rings is 2. The van der Waals surface area contributed by atoms with Gasteiger partial charge in [0.15, 0.2) is 0 Å². The van der Waals surface area contributed by atoms with Crippen LogP contribution in [0.15, 0.2) is 60.8 Å². The number of carbonyl (C=O) groups excluding carboxylic acids is 1. The van der Waals surface area contributed by atoms with Gasteiger partial charge >= 0.3 is 5.97 Å². The highest BCUT2D eigenvalue weighted by Crippen LogP contribution is 2.26. The number of rotatable bonds is 8. The Balaban J connectivity index is 1.62. The van der Waals surface area contributed by atoms with Gasteiger partial charge in [-0.3, -0.25) is 4.79 Å². The Morgan fingerprint density at radius 1 is 1.11 bits per heavy atom. The first-order chi connectivity index (χ1) is 13.1. The van der Waals surface area contributed by atoms with E-state index in [1.165, 1.54) is 0 Å². The van der Waals surface area contributed by atoms with E-state index in [0.717, 1.165) is 22.2 Å². The van der Waals surface area contributed by atoms with E-state index in [4.69, 9.17) is 4.74 Å². The molecule has 1 aromatic heterocycles. The van der Waals surface area contributed by atoms with Gasteiger partial charge in [-0.2, -0.15) is 0 Å². The van der Waals surface area contributed by atoms with Gasteiger partial charge in [-0.05, 0) is 23.8 Å². The number of fused-ring (bicyclic) bond motifs is 1. The van der Waals surface area contributed by atoms with Gasteiger partial charge in [-0.25, -0.2) is 4.79 Å². The number of hydrogen-bond donors (Lipinski definition) is 2. The maximum atomic E-state index is 12.3. The number of carbonyl (C=O) groups is 2. The molecule has 2 aromatic carbocycles. The molecule has 0 aliphatic heterocycles. The lowest BCUT2D eigenvalue weighted by molar-refractivity contribution is -0.141. The molecule has 3 rings (SSSR count). The highest BCUT2D eigenvalue weighted by atomic mass is 16.5. The van der Waals surface area contributed by atoms with Crippen LogP contribution in [-0.4, -0.2) is 34.7 Å².